The van der Waals surface area contributed by atoms with Gasteiger partial charge in [0.25, 0.3) is 0 Å². The Morgan fingerprint density at radius 2 is 1.86 bits per heavy atom. The quantitative estimate of drug-likeness (QED) is 0.851. The van der Waals surface area contributed by atoms with Gasteiger partial charge in [0.05, 0.1) is 0 Å². The minimum Gasteiger partial charge on any atom is -0.381 e. The second-order valence-corrected chi connectivity index (χ2v) is 7.96. The first-order chi connectivity index (χ1) is 10.2. The van der Waals surface area contributed by atoms with Gasteiger partial charge in [0.2, 0.25) is 0 Å². The van der Waals surface area contributed by atoms with Crippen LogP contribution in [-0.2, 0) is 4.79 Å². The molecule has 2 nitrogen and oxygen atoms in total. The standard InChI is InChI=1S/C20H26O2/c1-14-5-7-15(8-6-14)9-10-17(21)20(22)13-16-11-12-19(20,4)18(16,2)3/h5-10,16,22H,11-13H2,1-4H3/b10-9+/t16-,19-,20+/m1/s1. The molecular weight excluding hydrogens is 272 g/mol. The SMILES string of the molecule is Cc1ccc(/C=C/C(=O)[C@@]2(O)C[C@H]3CC[C@]2(C)C3(C)C)cc1. The molecule has 2 heteroatoms. The normalized spacial score (nSPS) is 36.1. The molecule has 0 saturated heterocycles. The second kappa shape index (κ2) is 4.79. The highest BCUT2D eigenvalue weighted by Crippen LogP contribution is 2.69. The topological polar surface area (TPSA) is 37.3 Å². The van der Waals surface area contributed by atoms with Gasteiger partial charge in [-0.1, -0.05) is 56.7 Å². The van der Waals surface area contributed by atoms with E-state index in [0.29, 0.717) is 12.3 Å². The number of benzene rings is 1. The van der Waals surface area contributed by atoms with E-state index in [9.17, 15) is 9.90 Å². The van der Waals surface area contributed by atoms with Crippen molar-refractivity contribution in [2.45, 2.75) is 52.6 Å². The van der Waals surface area contributed by atoms with E-state index in [1.165, 1.54) is 5.56 Å². The Kier molecular flexibility index (Phi) is 3.37. The molecule has 3 atom stereocenters. The summed E-state index contributed by atoms with van der Waals surface area (Å²) in [6.07, 6.45) is 6.06. The summed E-state index contributed by atoms with van der Waals surface area (Å²) in [5.41, 5.74) is 0.689. The van der Waals surface area contributed by atoms with Gasteiger partial charge in [-0.05, 0) is 49.2 Å². The summed E-state index contributed by atoms with van der Waals surface area (Å²) in [5, 5.41) is 11.2. The third-order valence-corrected chi connectivity index (χ3v) is 6.80. The van der Waals surface area contributed by atoms with E-state index in [1.807, 2.05) is 37.3 Å². The van der Waals surface area contributed by atoms with E-state index in [2.05, 4.69) is 20.8 Å². The summed E-state index contributed by atoms with van der Waals surface area (Å²) in [7, 11) is 0. The van der Waals surface area contributed by atoms with Crippen LogP contribution < -0.4 is 0 Å². The number of rotatable bonds is 3. The van der Waals surface area contributed by atoms with E-state index < -0.39 is 5.60 Å². The molecule has 0 unspecified atom stereocenters. The first kappa shape index (κ1) is 15.5. The van der Waals surface area contributed by atoms with E-state index in [1.54, 1.807) is 6.08 Å². The van der Waals surface area contributed by atoms with Gasteiger partial charge in [-0.25, -0.2) is 0 Å². The molecule has 118 valence electrons. The Morgan fingerprint density at radius 3 is 2.36 bits per heavy atom. The van der Waals surface area contributed by atoms with Gasteiger partial charge in [0.15, 0.2) is 5.78 Å². The largest absolute Gasteiger partial charge is 0.381 e. The second-order valence-electron chi connectivity index (χ2n) is 7.96. The molecular formula is C20H26O2. The fourth-order valence-corrected chi connectivity index (χ4v) is 4.64. The summed E-state index contributed by atoms with van der Waals surface area (Å²) in [6, 6.07) is 8.05. The van der Waals surface area contributed by atoms with Crippen LogP contribution >= 0.6 is 0 Å². The van der Waals surface area contributed by atoms with Crippen LogP contribution in [0.3, 0.4) is 0 Å². The van der Waals surface area contributed by atoms with Crippen molar-refractivity contribution >= 4 is 11.9 Å². The lowest BCUT2D eigenvalue weighted by atomic mass is 9.63. The number of hydrogen-bond donors (Lipinski definition) is 1. The van der Waals surface area contributed by atoms with Crippen LogP contribution in [0.5, 0.6) is 0 Å². The number of aryl methyl sites for hydroxylation is 1. The Morgan fingerprint density at radius 1 is 1.23 bits per heavy atom. The predicted molar refractivity (Wildman–Crippen MR) is 89.4 cm³/mol. The van der Waals surface area contributed by atoms with Crippen molar-refractivity contribution in [1.29, 1.82) is 0 Å². The zero-order valence-electron chi connectivity index (χ0n) is 14.0. The Labute approximate surface area is 133 Å². The first-order valence-electron chi connectivity index (χ1n) is 8.22. The van der Waals surface area contributed by atoms with Crippen molar-refractivity contribution in [3.8, 4) is 0 Å². The van der Waals surface area contributed by atoms with Crippen molar-refractivity contribution in [2.75, 3.05) is 0 Å². The van der Waals surface area contributed by atoms with Gasteiger partial charge in [-0.2, -0.15) is 0 Å². The summed E-state index contributed by atoms with van der Waals surface area (Å²) in [6.45, 7) is 8.55. The summed E-state index contributed by atoms with van der Waals surface area (Å²) >= 11 is 0. The van der Waals surface area contributed by atoms with Crippen LogP contribution in [0.25, 0.3) is 6.08 Å². The van der Waals surface area contributed by atoms with E-state index in [0.717, 1.165) is 18.4 Å². The number of aliphatic hydroxyl groups is 1. The highest BCUT2D eigenvalue weighted by Gasteiger charge is 2.70. The minimum absolute atomic E-state index is 0.0229. The predicted octanol–water partition coefficient (Wildman–Crippen LogP) is 4.15. The molecule has 3 rings (SSSR count). The summed E-state index contributed by atoms with van der Waals surface area (Å²) < 4.78 is 0. The first-order valence-corrected chi connectivity index (χ1v) is 8.22. The molecule has 0 radical (unpaired) electrons. The lowest BCUT2D eigenvalue weighted by Crippen LogP contribution is -2.52. The van der Waals surface area contributed by atoms with Crippen molar-refractivity contribution < 1.29 is 9.90 Å². The molecule has 1 N–H and O–H groups in total. The lowest BCUT2D eigenvalue weighted by molar-refractivity contribution is -0.149. The molecule has 0 heterocycles. The minimum atomic E-state index is -1.21. The summed E-state index contributed by atoms with van der Waals surface area (Å²) in [5.74, 6) is 0.310. The van der Waals surface area contributed by atoms with Gasteiger partial charge >= 0.3 is 0 Å². The lowest BCUT2D eigenvalue weighted by Gasteiger charge is -2.43. The molecule has 2 bridgehead atoms. The van der Waals surface area contributed by atoms with E-state index in [4.69, 9.17) is 0 Å². The molecule has 2 fully saturated rings. The third-order valence-electron chi connectivity index (χ3n) is 6.80. The highest BCUT2D eigenvalue weighted by molar-refractivity contribution is 6.01. The van der Waals surface area contributed by atoms with Crippen molar-refractivity contribution in [1.82, 2.24) is 0 Å². The number of carbonyl (C=O) groups excluding carboxylic acids is 1. The number of carbonyl (C=O) groups is 1. The Hall–Kier alpha value is -1.41. The van der Waals surface area contributed by atoms with Crippen molar-refractivity contribution in [3.63, 3.8) is 0 Å². The van der Waals surface area contributed by atoms with Gasteiger partial charge in [0, 0.05) is 5.41 Å². The van der Waals surface area contributed by atoms with Crippen LogP contribution in [0, 0.1) is 23.7 Å². The van der Waals surface area contributed by atoms with Gasteiger partial charge in [-0.15, -0.1) is 0 Å². The Balaban J connectivity index is 1.85. The summed E-state index contributed by atoms with van der Waals surface area (Å²) in [4.78, 5) is 12.8. The maximum Gasteiger partial charge on any atom is 0.187 e. The average molecular weight is 298 g/mol. The number of hydrogen-bond acceptors (Lipinski definition) is 2. The molecule has 22 heavy (non-hydrogen) atoms. The zero-order chi connectivity index (χ0) is 16.2. The fraction of sp³-hybridized carbons (Fsp3) is 0.550. The molecule has 2 aliphatic carbocycles. The van der Waals surface area contributed by atoms with Crippen LogP contribution in [0.1, 0.15) is 51.2 Å². The van der Waals surface area contributed by atoms with Crippen LogP contribution in [-0.4, -0.2) is 16.5 Å². The van der Waals surface area contributed by atoms with Gasteiger partial charge in [-0.3, -0.25) is 4.79 Å². The van der Waals surface area contributed by atoms with Crippen LogP contribution in [0.15, 0.2) is 30.3 Å². The fourth-order valence-electron chi connectivity index (χ4n) is 4.64. The Bertz CT molecular complexity index is 626. The van der Waals surface area contributed by atoms with Crippen molar-refractivity contribution in [3.05, 3.63) is 41.5 Å². The number of ketones is 1. The van der Waals surface area contributed by atoms with Gasteiger partial charge < -0.3 is 5.11 Å². The molecule has 1 aromatic rings. The van der Waals surface area contributed by atoms with Gasteiger partial charge in [0.1, 0.15) is 5.60 Å². The molecule has 0 aromatic heterocycles. The monoisotopic (exact) mass is 298 g/mol. The average Bonchev–Trinajstić information content (AvgIpc) is 2.78. The molecule has 0 amide bonds. The molecule has 0 spiro atoms. The maximum atomic E-state index is 12.8. The molecule has 2 aliphatic rings. The zero-order valence-corrected chi connectivity index (χ0v) is 14.0. The number of fused-ring (bicyclic) bond motifs is 2. The van der Waals surface area contributed by atoms with E-state index >= 15 is 0 Å². The smallest absolute Gasteiger partial charge is 0.187 e. The third kappa shape index (κ3) is 1.93. The molecule has 2 saturated carbocycles. The maximum absolute atomic E-state index is 12.8. The highest BCUT2D eigenvalue weighted by atomic mass is 16.3. The molecule has 0 aliphatic heterocycles. The van der Waals surface area contributed by atoms with Crippen molar-refractivity contribution in [2.24, 2.45) is 16.7 Å². The van der Waals surface area contributed by atoms with Crippen LogP contribution in [0.4, 0.5) is 0 Å². The van der Waals surface area contributed by atoms with E-state index in [-0.39, 0.29) is 16.6 Å². The molecule has 1 aromatic carbocycles. The van der Waals surface area contributed by atoms with Crippen LogP contribution in [0.2, 0.25) is 0 Å².